The third-order valence-corrected chi connectivity index (χ3v) is 2.58. The Kier molecular flexibility index (Phi) is 2.93. The van der Waals surface area contributed by atoms with Crippen molar-refractivity contribution >= 4 is 34.2 Å². The summed E-state index contributed by atoms with van der Waals surface area (Å²) in [5.74, 6) is 0. The van der Waals surface area contributed by atoms with Gasteiger partial charge in [0.05, 0.1) is 5.39 Å². The zero-order chi connectivity index (χ0) is 10.8. The number of aryl methyl sites for hydroxylation is 1. The number of hydrogen-bond donors (Lipinski definition) is 0. The average Bonchev–Trinajstić information content (AvgIpc) is 2.58. The Morgan fingerprint density at radius 1 is 1.40 bits per heavy atom. The van der Waals surface area contributed by atoms with Crippen molar-refractivity contribution in [1.29, 1.82) is 0 Å². The van der Waals surface area contributed by atoms with Gasteiger partial charge in [0.25, 0.3) is 0 Å². The van der Waals surface area contributed by atoms with Crippen molar-refractivity contribution in [2.75, 3.05) is 0 Å². The summed E-state index contributed by atoms with van der Waals surface area (Å²) in [4.78, 5) is 8.03. The van der Waals surface area contributed by atoms with Gasteiger partial charge >= 0.3 is 0 Å². The van der Waals surface area contributed by atoms with E-state index in [2.05, 4.69) is 16.5 Å². The van der Waals surface area contributed by atoms with E-state index < -0.39 is 0 Å². The maximum atomic E-state index is 5.94. The van der Waals surface area contributed by atoms with E-state index in [0.717, 1.165) is 24.0 Å². The fourth-order valence-corrected chi connectivity index (χ4v) is 1.85. The van der Waals surface area contributed by atoms with E-state index in [0.29, 0.717) is 5.15 Å². The normalized spacial score (nSPS) is 10.8. The molecule has 0 spiro atoms. The smallest absolute Gasteiger partial charge is 0.225 e. The second kappa shape index (κ2) is 4.21. The quantitative estimate of drug-likeness (QED) is 0.469. The maximum Gasteiger partial charge on any atom is 0.225 e. The molecule has 0 aliphatic carbocycles. The minimum absolute atomic E-state index is 0.172. The van der Waals surface area contributed by atoms with Crippen LogP contribution in [-0.4, -0.2) is 14.5 Å². The standard InChI is InChI=1S/C10H9Cl2N3/c1-2-3-5-15-6-4-7-8(11)13-10(12)14-9(7)15/h2,4,6H,1,3,5H2. The second-order valence-electron chi connectivity index (χ2n) is 3.11. The molecule has 2 aromatic heterocycles. The highest BCUT2D eigenvalue weighted by Crippen LogP contribution is 2.23. The summed E-state index contributed by atoms with van der Waals surface area (Å²) in [5, 5.41) is 1.39. The molecule has 2 aromatic rings. The zero-order valence-electron chi connectivity index (χ0n) is 7.95. The van der Waals surface area contributed by atoms with Gasteiger partial charge in [-0.1, -0.05) is 17.7 Å². The van der Waals surface area contributed by atoms with Crippen molar-refractivity contribution in [3.63, 3.8) is 0 Å². The van der Waals surface area contributed by atoms with Gasteiger partial charge in [0.15, 0.2) is 0 Å². The number of rotatable bonds is 3. The molecule has 0 saturated carbocycles. The summed E-state index contributed by atoms with van der Waals surface area (Å²) in [6.45, 7) is 4.49. The van der Waals surface area contributed by atoms with Crippen LogP contribution in [0.2, 0.25) is 10.4 Å². The van der Waals surface area contributed by atoms with Gasteiger partial charge < -0.3 is 4.57 Å². The number of fused-ring (bicyclic) bond motifs is 1. The van der Waals surface area contributed by atoms with E-state index in [1.165, 1.54) is 0 Å². The Hall–Kier alpha value is -1.06. The van der Waals surface area contributed by atoms with Crippen LogP contribution in [0.5, 0.6) is 0 Å². The summed E-state index contributed by atoms with van der Waals surface area (Å²) in [7, 11) is 0. The van der Waals surface area contributed by atoms with Crippen molar-refractivity contribution in [3.05, 3.63) is 35.4 Å². The Morgan fingerprint density at radius 2 is 2.20 bits per heavy atom. The fourth-order valence-electron chi connectivity index (χ4n) is 1.41. The molecule has 15 heavy (non-hydrogen) atoms. The van der Waals surface area contributed by atoms with Crippen LogP contribution in [0.4, 0.5) is 0 Å². The van der Waals surface area contributed by atoms with Gasteiger partial charge in [-0.25, -0.2) is 4.98 Å². The summed E-state index contributed by atoms with van der Waals surface area (Å²) in [5.41, 5.74) is 0.766. The van der Waals surface area contributed by atoms with Crippen LogP contribution in [0.15, 0.2) is 24.9 Å². The lowest BCUT2D eigenvalue weighted by atomic mass is 10.4. The van der Waals surface area contributed by atoms with E-state index in [1.807, 2.05) is 22.9 Å². The first-order chi connectivity index (χ1) is 7.22. The lowest BCUT2D eigenvalue weighted by Gasteiger charge is -2.02. The molecule has 2 heterocycles. The fraction of sp³-hybridized carbons (Fsp3) is 0.200. The maximum absolute atomic E-state index is 5.94. The van der Waals surface area contributed by atoms with Gasteiger partial charge in [0.1, 0.15) is 10.8 Å². The van der Waals surface area contributed by atoms with E-state index >= 15 is 0 Å². The summed E-state index contributed by atoms with van der Waals surface area (Å²) in [6, 6.07) is 1.89. The molecule has 0 N–H and O–H groups in total. The Labute approximate surface area is 97.3 Å². The number of halogens is 2. The van der Waals surface area contributed by atoms with Crippen LogP contribution < -0.4 is 0 Å². The topological polar surface area (TPSA) is 30.7 Å². The first-order valence-corrected chi connectivity index (χ1v) is 5.26. The van der Waals surface area contributed by atoms with Crippen LogP contribution in [0.3, 0.4) is 0 Å². The summed E-state index contributed by atoms with van der Waals surface area (Å²) >= 11 is 11.7. The zero-order valence-corrected chi connectivity index (χ0v) is 9.46. The summed E-state index contributed by atoms with van der Waals surface area (Å²) in [6.07, 6.45) is 4.66. The van der Waals surface area contributed by atoms with Crippen molar-refractivity contribution < 1.29 is 0 Å². The van der Waals surface area contributed by atoms with Gasteiger partial charge in [-0.3, -0.25) is 0 Å². The molecule has 0 aliphatic heterocycles. The van der Waals surface area contributed by atoms with Crippen molar-refractivity contribution in [3.8, 4) is 0 Å². The van der Waals surface area contributed by atoms with E-state index in [1.54, 1.807) is 0 Å². The Morgan fingerprint density at radius 3 is 2.93 bits per heavy atom. The van der Waals surface area contributed by atoms with Crippen LogP contribution in [0.1, 0.15) is 6.42 Å². The molecule has 78 valence electrons. The third kappa shape index (κ3) is 1.98. The van der Waals surface area contributed by atoms with Crippen molar-refractivity contribution in [1.82, 2.24) is 14.5 Å². The predicted molar refractivity (Wildman–Crippen MR) is 62.4 cm³/mol. The molecule has 0 fully saturated rings. The third-order valence-electron chi connectivity index (χ3n) is 2.12. The largest absolute Gasteiger partial charge is 0.332 e. The molecule has 0 aromatic carbocycles. The monoisotopic (exact) mass is 241 g/mol. The van der Waals surface area contributed by atoms with Gasteiger partial charge in [-0.2, -0.15) is 4.98 Å². The lowest BCUT2D eigenvalue weighted by Crippen LogP contribution is -1.97. The number of nitrogens with zero attached hydrogens (tertiary/aromatic N) is 3. The molecule has 3 nitrogen and oxygen atoms in total. The van der Waals surface area contributed by atoms with Crippen LogP contribution in [-0.2, 0) is 6.54 Å². The van der Waals surface area contributed by atoms with Gasteiger partial charge in [-0.05, 0) is 24.1 Å². The molecule has 0 amide bonds. The number of allylic oxidation sites excluding steroid dienone is 1. The Bertz CT molecular complexity index is 505. The second-order valence-corrected chi connectivity index (χ2v) is 3.80. The number of aromatic nitrogens is 3. The minimum Gasteiger partial charge on any atom is -0.332 e. The molecule has 0 saturated heterocycles. The molecule has 0 bridgehead atoms. The lowest BCUT2D eigenvalue weighted by molar-refractivity contribution is 0.731. The molecular weight excluding hydrogens is 233 g/mol. The molecule has 5 heteroatoms. The molecule has 2 rings (SSSR count). The molecule has 0 radical (unpaired) electrons. The van der Waals surface area contributed by atoms with Crippen LogP contribution in [0, 0.1) is 0 Å². The van der Waals surface area contributed by atoms with Gasteiger partial charge in [0.2, 0.25) is 5.28 Å². The molecular formula is C10H9Cl2N3. The first kappa shape index (κ1) is 10.5. The highest BCUT2D eigenvalue weighted by molar-refractivity contribution is 6.35. The van der Waals surface area contributed by atoms with E-state index in [4.69, 9.17) is 23.2 Å². The van der Waals surface area contributed by atoms with Crippen LogP contribution >= 0.6 is 23.2 Å². The highest BCUT2D eigenvalue weighted by Gasteiger charge is 2.08. The van der Waals surface area contributed by atoms with Gasteiger partial charge in [0, 0.05) is 12.7 Å². The molecule has 0 aliphatic rings. The highest BCUT2D eigenvalue weighted by atomic mass is 35.5. The van der Waals surface area contributed by atoms with Crippen molar-refractivity contribution in [2.45, 2.75) is 13.0 Å². The Balaban J connectivity index is 2.53. The van der Waals surface area contributed by atoms with Gasteiger partial charge in [-0.15, -0.1) is 6.58 Å². The molecule has 0 atom stereocenters. The summed E-state index contributed by atoms with van der Waals surface area (Å²) < 4.78 is 1.98. The van der Waals surface area contributed by atoms with Crippen molar-refractivity contribution in [2.24, 2.45) is 0 Å². The van der Waals surface area contributed by atoms with E-state index in [9.17, 15) is 0 Å². The number of hydrogen-bond acceptors (Lipinski definition) is 2. The average molecular weight is 242 g/mol. The molecule has 0 unspecified atom stereocenters. The minimum atomic E-state index is 0.172. The van der Waals surface area contributed by atoms with E-state index in [-0.39, 0.29) is 5.28 Å². The van der Waals surface area contributed by atoms with Crippen LogP contribution in [0.25, 0.3) is 11.0 Å². The SMILES string of the molecule is C=CCCn1ccc2c(Cl)nc(Cl)nc21. The first-order valence-electron chi connectivity index (χ1n) is 4.51. The predicted octanol–water partition coefficient (Wildman–Crippen LogP) is 3.31.